The summed E-state index contributed by atoms with van der Waals surface area (Å²) >= 11 is 0. The number of hydrogen-bond acceptors (Lipinski definition) is 4. The summed E-state index contributed by atoms with van der Waals surface area (Å²) in [5, 5.41) is 7.39. The highest BCUT2D eigenvalue weighted by Crippen LogP contribution is 2.10. The van der Waals surface area contributed by atoms with E-state index in [9.17, 15) is 0 Å². The van der Waals surface area contributed by atoms with Crippen LogP contribution in [0.25, 0.3) is 0 Å². The highest BCUT2D eigenvalue weighted by molar-refractivity contribution is 5.95. The van der Waals surface area contributed by atoms with Crippen LogP contribution in [0.1, 0.15) is 12.0 Å². The molecule has 1 aromatic rings. The lowest BCUT2D eigenvalue weighted by Gasteiger charge is -2.19. The van der Waals surface area contributed by atoms with Crippen LogP contribution in [0.4, 0.5) is 5.82 Å². The number of nitrogens with zero attached hydrogens (tertiary/aromatic N) is 3. The SMILES string of the molecule is CN(C)CCCN(C)c1cc(C(=N)N)ccn1. The first-order valence-electron chi connectivity index (χ1n) is 5.67. The van der Waals surface area contributed by atoms with Crippen molar-refractivity contribution in [1.82, 2.24) is 9.88 Å². The molecule has 0 aliphatic carbocycles. The first kappa shape index (κ1) is 13.4. The topological polar surface area (TPSA) is 69.2 Å². The number of amidine groups is 1. The average molecular weight is 235 g/mol. The minimum absolute atomic E-state index is 0.0790. The van der Waals surface area contributed by atoms with Gasteiger partial charge in [0.15, 0.2) is 0 Å². The summed E-state index contributed by atoms with van der Waals surface area (Å²) < 4.78 is 0. The van der Waals surface area contributed by atoms with Crippen LogP contribution in [-0.4, -0.2) is 50.0 Å². The van der Waals surface area contributed by atoms with E-state index in [2.05, 4.69) is 28.9 Å². The second-order valence-electron chi connectivity index (χ2n) is 4.39. The van der Waals surface area contributed by atoms with Gasteiger partial charge in [-0.1, -0.05) is 0 Å². The van der Waals surface area contributed by atoms with Crippen LogP contribution in [0.3, 0.4) is 0 Å². The Morgan fingerprint density at radius 3 is 2.65 bits per heavy atom. The summed E-state index contributed by atoms with van der Waals surface area (Å²) in [6, 6.07) is 3.59. The zero-order valence-corrected chi connectivity index (χ0v) is 10.8. The molecule has 0 saturated heterocycles. The van der Waals surface area contributed by atoms with Gasteiger partial charge in [0.25, 0.3) is 0 Å². The fraction of sp³-hybridized carbons (Fsp3) is 0.500. The summed E-state index contributed by atoms with van der Waals surface area (Å²) in [5.74, 6) is 0.937. The molecule has 5 heteroatoms. The number of aromatic nitrogens is 1. The predicted octanol–water partition coefficient (Wildman–Crippen LogP) is 0.754. The van der Waals surface area contributed by atoms with E-state index in [0.29, 0.717) is 0 Å². The number of anilines is 1. The maximum atomic E-state index is 7.39. The monoisotopic (exact) mass is 235 g/mol. The molecule has 1 rings (SSSR count). The normalized spacial score (nSPS) is 10.6. The molecule has 0 atom stereocenters. The molecule has 0 amide bonds. The third-order valence-corrected chi connectivity index (χ3v) is 2.55. The molecule has 1 aromatic heterocycles. The van der Waals surface area contributed by atoms with Crippen LogP contribution < -0.4 is 10.6 Å². The fourth-order valence-electron chi connectivity index (χ4n) is 1.53. The third kappa shape index (κ3) is 4.40. The van der Waals surface area contributed by atoms with Crippen LogP contribution in [0.15, 0.2) is 18.3 Å². The molecule has 0 radical (unpaired) electrons. The molecule has 0 bridgehead atoms. The first-order valence-corrected chi connectivity index (χ1v) is 5.67. The minimum Gasteiger partial charge on any atom is -0.384 e. The van der Waals surface area contributed by atoms with E-state index in [-0.39, 0.29) is 5.84 Å². The molecule has 0 spiro atoms. The van der Waals surface area contributed by atoms with E-state index < -0.39 is 0 Å². The molecule has 3 N–H and O–H groups in total. The van der Waals surface area contributed by atoms with E-state index in [4.69, 9.17) is 11.1 Å². The standard InChI is InChI=1S/C12H21N5/c1-16(2)7-4-8-17(3)11-9-10(12(13)14)5-6-15-11/h5-6,9H,4,7-8H2,1-3H3,(H3,13,14). The van der Waals surface area contributed by atoms with Crippen LogP contribution >= 0.6 is 0 Å². The number of nitrogen functional groups attached to an aromatic ring is 1. The zero-order chi connectivity index (χ0) is 12.8. The van der Waals surface area contributed by atoms with Crippen molar-refractivity contribution in [1.29, 1.82) is 5.41 Å². The number of pyridine rings is 1. The van der Waals surface area contributed by atoms with Gasteiger partial charge < -0.3 is 15.5 Å². The van der Waals surface area contributed by atoms with Gasteiger partial charge in [-0.2, -0.15) is 0 Å². The smallest absolute Gasteiger partial charge is 0.128 e. The number of nitrogens with one attached hydrogen (secondary N) is 1. The van der Waals surface area contributed by atoms with Gasteiger partial charge in [-0.15, -0.1) is 0 Å². The van der Waals surface area contributed by atoms with Crippen LogP contribution in [0.5, 0.6) is 0 Å². The maximum absolute atomic E-state index is 7.39. The minimum atomic E-state index is 0.0790. The Morgan fingerprint density at radius 2 is 2.06 bits per heavy atom. The van der Waals surface area contributed by atoms with Gasteiger partial charge >= 0.3 is 0 Å². The second kappa shape index (κ2) is 6.20. The molecule has 0 unspecified atom stereocenters. The van der Waals surface area contributed by atoms with E-state index in [1.54, 1.807) is 12.3 Å². The lowest BCUT2D eigenvalue weighted by atomic mass is 10.2. The van der Waals surface area contributed by atoms with Crippen molar-refractivity contribution in [3.63, 3.8) is 0 Å². The van der Waals surface area contributed by atoms with Crippen molar-refractivity contribution in [3.05, 3.63) is 23.9 Å². The Labute approximate surface area is 103 Å². The molecule has 0 saturated carbocycles. The summed E-state index contributed by atoms with van der Waals surface area (Å²) in [6.07, 6.45) is 2.77. The Hall–Kier alpha value is -1.62. The largest absolute Gasteiger partial charge is 0.384 e. The van der Waals surface area contributed by atoms with Gasteiger partial charge in [0.05, 0.1) is 0 Å². The van der Waals surface area contributed by atoms with E-state index in [0.717, 1.165) is 30.9 Å². The van der Waals surface area contributed by atoms with E-state index in [1.807, 2.05) is 13.1 Å². The predicted molar refractivity (Wildman–Crippen MR) is 71.7 cm³/mol. The van der Waals surface area contributed by atoms with Gasteiger partial charge in [-0.3, -0.25) is 5.41 Å². The van der Waals surface area contributed by atoms with Gasteiger partial charge in [0, 0.05) is 25.4 Å². The van der Waals surface area contributed by atoms with Crippen molar-refractivity contribution in [2.45, 2.75) is 6.42 Å². The van der Waals surface area contributed by atoms with Gasteiger partial charge in [0.2, 0.25) is 0 Å². The Morgan fingerprint density at radius 1 is 1.35 bits per heavy atom. The van der Waals surface area contributed by atoms with Crippen molar-refractivity contribution < 1.29 is 0 Å². The average Bonchev–Trinajstić information content (AvgIpc) is 2.28. The molecule has 1 heterocycles. The van der Waals surface area contributed by atoms with Gasteiger partial charge in [-0.25, -0.2) is 4.98 Å². The third-order valence-electron chi connectivity index (χ3n) is 2.55. The molecule has 0 aliphatic heterocycles. The molecule has 0 fully saturated rings. The van der Waals surface area contributed by atoms with Crippen molar-refractivity contribution in [2.75, 3.05) is 39.1 Å². The second-order valence-corrected chi connectivity index (χ2v) is 4.39. The van der Waals surface area contributed by atoms with Crippen LogP contribution in [-0.2, 0) is 0 Å². The Balaban J connectivity index is 2.59. The molecule has 5 nitrogen and oxygen atoms in total. The Kier molecular flexibility index (Phi) is 4.90. The van der Waals surface area contributed by atoms with Crippen LogP contribution in [0.2, 0.25) is 0 Å². The zero-order valence-electron chi connectivity index (χ0n) is 10.8. The van der Waals surface area contributed by atoms with Crippen molar-refractivity contribution in [2.24, 2.45) is 5.73 Å². The molecule has 17 heavy (non-hydrogen) atoms. The highest BCUT2D eigenvalue weighted by Gasteiger charge is 2.04. The van der Waals surface area contributed by atoms with Crippen LogP contribution in [0, 0.1) is 5.41 Å². The molecular weight excluding hydrogens is 214 g/mol. The number of rotatable bonds is 6. The molecule has 0 aromatic carbocycles. The summed E-state index contributed by atoms with van der Waals surface area (Å²) in [4.78, 5) is 8.52. The van der Waals surface area contributed by atoms with E-state index >= 15 is 0 Å². The highest BCUT2D eigenvalue weighted by atomic mass is 15.2. The summed E-state index contributed by atoms with van der Waals surface area (Å²) in [7, 11) is 6.13. The lowest BCUT2D eigenvalue weighted by Crippen LogP contribution is -2.24. The van der Waals surface area contributed by atoms with Crippen molar-refractivity contribution >= 4 is 11.7 Å². The lowest BCUT2D eigenvalue weighted by molar-refractivity contribution is 0.401. The molecular formula is C12H21N5. The fourth-order valence-corrected chi connectivity index (χ4v) is 1.53. The molecule has 0 aliphatic rings. The Bertz CT molecular complexity index is 375. The maximum Gasteiger partial charge on any atom is 0.128 e. The quantitative estimate of drug-likeness (QED) is 0.564. The first-order chi connectivity index (χ1) is 8.00. The summed E-state index contributed by atoms with van der Waals surface area (Å²) in [5.41, 5.74) is 6.17. The van der Waals surface area contributed by atoms with Gasteiger partial charge in [-0.05, 0) is 39.2 Å². The molecule has 94 valence electrons. The summed E-state index contributed by atoms with van der Waals surface area (Å²) in [6.45, 7) is 1.99. The van der Waals surface area contributed by atoms with E-state index in [1.165, 1.54) is 0 Å². The van der Waals surface area contributed by atoms with Gasteiger partial charge in [0.1, 0.15) is 11.7 Å². The number of nitrogens with two attached hydrogens (primary N) is 1. The number of hydrogen-bond donors (Lipinski definition) is 2. The van der Waals surface area contributed by atoms with Crippen molar-refractivity contribution in [3.8, 4) is 0 Å².